The number of hydrogen-bond donors (Lipinski definition) is 3. The highest BCUT2D eigenvalue weighted by Crippen LogP contribution is 2.27. The zero-order valence-corrected chi connectivity index (χ0v) is 8.24. The molecule has 6 heteroatoms. The van der Waals surface area contributed by atoms with Gasteiger partial charge in [-0.3, -0.25) is 4.79 Å². The molecule has 78 valence electrons. The Morgan fingerprint density at radius 3 is 1.79 bits per heavy atom. The maximum absolute atomic E-state index is 9.91. The normalized spacial score (nSPS) is 8.64. The Bertz CT molecular complexity index is 301. The molecule has 0 spiro atoms. The number of rotatable bonds is 2. The Morgan fingerprint density at radius 2 is 1.71 bits per heavy atom. The van der Waals surface area contributed by atoms with Crippen molar-refractivity contribution in [2.45, 2.75) is 13.3 Å². The number of hydrogen-bond acceptors (Lipinski definition) is 5. The van der Waals surface area contributed by atoms with E-state index in [9.17, 15) is 9.59 Å². The molecule has 0 aliphatic rings. The molecule has 1 heterocycles. The molecule has 1 rings (SSSR count). The Kier molecular flexibility index (Phi) is 5.31. The van der Waals surface area contributed by atoms with Gasteiger partial charge < -0.3 is 15.3 Å². The van der Waals surface area contributed by atoms with Crippen LogP contribution < -0.4 is 0 Å². The first-order valence-corrected chi connectivity index (χ1v) is 4.63. The number of carboxylic acid groups (broad SMARTS) is 1. The Morgan fingerprint density at radius 1 is 1.29 bits per heavy atom. The van der Waals surface area contributed by atoms with Crippen LogP contribution in [0.4, 0.5) is 0 Å². The largest absolute Gasteiger partial charge is 0.504 e. The fourth-order valence-corrected chi connectivity index (χ4v) is 1.00. The van der Waals surface area contributed by atoms with Gasteiger partial charge in [0.15, 0.2) is 11.5 Å². The van der Waals surface area contributed by atoms with Gasteiger partial charge in [0, 0.05) is 17.2 Å². The first kappa shape index (κ1) is 12.4. The number of aromatic hydroxyl groups is 2. The third-order valence-electron chi connectivity index (χ3n) is 1.18. The Labute approximate surface area is 84.2 Å². The summed E-state index contributed by atoms with van der Waals surface area (Å²) in [6.07, 6.45) is 0.0787. The zero-order chi connectivity index (χ0) is 11.1. The number of thiophene rings is 1. The molecule has 3 N–H and O–H groups in total. The van der Waals surface area contributed by atoms with Gasteiger partial charge in [-0.05, 0) is 0 Å². The highest BCUT2D eigenvalue weighted by molar-refractivity contribution is 7.08. The van der Waals surface area contributed by atoms with Crippen LogP contribution in [0.5, 0.6) is 11.5 Å². The maximum atomic E-state index is 9.91. The van der Waals surface area contributed by atoms with Gasteiger partial charge in [-0.2, -0.15) is 0 Å². The molecule has 1 aromatic heterocycles. The average molecular weight is 218 g/mol. The fourth-order valence-electron chi connectivity index (χ4n) is 0.435. The van der Waals surface area contributed by atoms with E-state index in [1.807, 2.05) is 0 Å². The van der Waals surface area contributed by atoms with E-state index >= 15 is 0 Å². The summed E-state index contributed by atoms with van der Waals surface area (Å²) in [6.45, 7) is 1.51. The lowest BCUT2D eigenvalue weighted by Gasteiger charge is -1.80. The van der Waals surface area contributed by atoms with E-state index < -0.39 is 11.8 Å². The predicted molar refractivity (Wildman–Crippen MR) is 50.6 cm³/mol. The number of aliphatic carboxylic acids is 1. The smallest absolute Gasteiger partial charge is 0.372 e. The van der Waals surface area contributed by atoms with Crippen molar-refractivity contribution in [3.05, 3.63) is 10.8 Å². The molecule has 14 heavy (non-hydrogen) atoms. The van der Waals surface area contributed by atoms with Crippen LogP contribution in [-0.2, 0) is 9.59 Å². The third kappa shape index (κ3) is 4.46. The summed E-state index contributed by atoms with van der Waals surface area (Å²) in [6, 6.07) is 0. The van der Waals surface area contributed by atoms with Crippen LogP contribution in [0.3, 0.4) is 0 Å². The number of ketones is 1. The van der Waals surface area contributed by atoms with Crippen LogP contribution in [0.1, 0.15) is 13.3 Å². The SMILES string of the molecule is CCC(=O)C(=O)O.Oc1cscc1O. The van der Waals surface area contributed by atoms with Crippen molar-refractivity contribution < 1.29 is 24.9 Å². The van der Waals surface area contributed by atoms with E-state index in [0.717, 1.165) is 0 Å². The van der Waals surface area contributed by atoms with Gasteiger partial charge in [-0.25, -0.2) is 4.79 Å². The molecule has 0 aliphatic heterocycles. The molecule has 0 amide bonds. The van der Waals surface area contributed by atoms with Crippen molar-refractivity contribution in [3.8, 4) is 11.5 Å². The molecule has 0 aromatic carbocycles. The van der Waals surface area contributed by atoms with Crippen molar-refractivity contribution in [2.24, 2.45) is 0 Å². The summed E-state index contributed by atoms with van der Waals surface area (Å²) in [5, 5.41) is 27.8. The number of Topliss-reactive ketones (excluding diaryl/α,β-unsaturated/α-hetero) is 1. The molecule has 5 nitrogen and oxygen atoms in total. The minimum atomic E-state index is -1.34. The molecule has 0 saturated heterocycles. The van der Waals surface area contributed by atoms with E-state index in [0.29, 0.717) is 0 Å². The van der Waals surface area contributed by atoms with E-state index in [-0.39, 0.29) is 17.9 Å². The summed E-state index contributed by atoms with van der Waals surface area (Å²) in [5.41, 5.74) is 0. The van der Waals surface area contributed by atoms with Gasteiger partial charge in [0.05, 0.1) is 0 Å². The van der Waals surface area contributed by atoms with Gasteiger partial charge >= 0.3 is 5.97 Å². The van der Waals surface area contributed by atoms with Crippen LogP contribution in [0.2, 0.25) is 0 Å². The van der Waals surface area contributed by atoms with Crippen LogP contribution in [-0.4, -0.2) is 27.1 Å². The quantitative estimate of drug-likeness (QED) is 0.648. The predicted octanol–water partition coefficient (Wildman–Crippen LogP) is 1.21. The van der Waals surface area contributed by atoms with Crippen LogP contribution in [0.15, 0.2) is 10.8 Å². The van der Waals surface area contributed by atoms with Gasteiger partial charge in [0.25, 0.3) is 0 Å². The minimum Gasteiger partial charge on any atom is -0.504 e. The van der Waals surface area contributed by atoms with Crippen molar-refractivity contribution in [3.63, 3.8) is 0 Å². The van der Waals surface area contributed by atoms with Gasteiger partial charge in [0.1, 0.15) is 0 Å². The Balaban J connectivity index is 0.000000241. The number of carboxylic acids is 1. The van der Waals surface area contributed by atoms with Crippen molar-refractivity contribution >= 4 is 23.1 Å². The van der Waals surface area contributed by atoms with Gasteiger partial charge in [-0.15, -0.1) is 11.3 Å². The molecule has 0 atom stereocenters. The second-order valence-corrected chi connectivity index (χ2v) is 2.97. The first-order valence-electron chi connectivity index (χ1n) is 3.69. The second kappa shape index (κ2) is 5.98. The number of carbonyl (C=O) groups is 2. The molecule has 0 unspecified atom stereocenters. The zero-order valence-electron chi connectivity index (χ0n) is 7.43. The van der Waals surface area contributed by atoms with Crippen molar-refractivity contribution in [2.75, 3.05) is 0 Å². The third-order valence-corrected chi connectivity index (χ3v) is 1.90. The summed E-state index contributed by atoms with van der Waals surface area (Å²) in [7, 11) is 0. The molecule has 0 radical (unpaired) electrons. The molecular weight excluding hydrogens is 208 g/mol. The Hall–Kier alpha value is -1.56. The molecular formula is C8H10O5S. The maximum Gasteiger partial charge on any atom is 0.372 e. The summed E-state index contributed by atoms with van der Waals surface area (Å²) in [5.74, 6) is -2.16. The van der Waals surface area contributed by atoms with Crippen LogP contribution in [0, 0.1) is 0 Å². The first-order chi connectivity index (χ1) is 6.49. The average Bonchev–Trinajstić information content (AvgIpc) is 2.50. The van der Waals surface area contributed by atoms with Gasteiger partial charge in [0.2, 0.25) is 5.78 Å². The monoisotopic (exact) mass is 218 g/mol. The molecule has 0 bridgehead atoms. The van der Waals surface area contributed by atoms with Crippen LogP contribution in [0.25, 0.3) is 0 Å². The van der Waals surface area contributed by atoms with Crippen LogP contribution >= 0.6 is 11.3 Å². The topological polar surface area (TPSA) is 94.8 Å². The summed E-state index contributed by atoms with van der Waals surface area (Å²) < 4.78 is 0. The van der Waals surface area contributed by atoms with Gasteiger partial charge in [-0.1, -0.05) is 6.92 Å². The fraction of sp³-hybridized carbons (Fsp3) is 0.250. The van der Waals surface area contributed by atoms with E-state index in [2.05, 4.69) is 0 Å². The molecule has 0 fully saturated rings. The lowest BCUT2D eigenvalue weighted by molar-refractivity contribution is -0.148. The molecule has 0 saturated carbocycles. The lowest BCUT2D eigenvalue weighted by atomic mass is 10.3. The summed E-state index contributed by atoms with van der Waals surface area (Å²) in [4.78, 5) is 19.5. The minimum absolute atomic E-state index is 0.0370. The van der Waals surface area contributed by atoms with Crippen molar-refractivity contribution in [1.29, 1.82) is 0 Å². The van der Waals surface area contributed by atoms with E-state index in [4.69, 9.17) is 15.3 Å². The highest BCUT2D eigenvalue weighted by Gasteiger charge is 2.05. The van der Waals surface area contributed by atoms with E-state index in [1.54, 1.807) is 0 Å². The molecule has 1 aromatic rings. The lowest BCUT2D eigenvalue weighted by Crippen LogP contribution is -2.09. The van der Waals surface area contributed by atoms with E-state index in [1.165, 1.54) is 29.0 Å². The van der Waals surface area contributed by atoms with Crippen molar-refractivity contribution in [1.82, 2.24) is 0 Å². The summed E-state index contributed by atoms with van der Waals surface area (Å²) >= 11 is 1.27. The molecule has 0 aliphatic carbocycles. The standard InChI is InChI=1S/C4H6O3.C4H4O2S/c1-2-3(5)4(6)7;5-3-1-7-2-4(3)6/h2H2,1H3,(H,6,7);1-2,5-6H. The highest BCUT2D eigenvalue weighted by atomic mass is 32.1. The second-order valence-electron chi connectivity index (χ2n) is 2.22. The number of carbonyl (C=O) groups excluding carboxylic acids is 1.